The normalized spacial score (nSPS) is 16.1. The van der Waals surface area contributed by atoms with Gasteiger partial charge in [0.25, 0.3) is 5.91 Å². The Kier molecular flexibility index (Phi) is 3.59. The van der Waals surface area contributed by atoms with Crippen LogP contribution in [0.15, 0.2) is 30.6 Å². The van der Waals surface area contributed by atoms with Crippen LogP contribution in [0.4, 0.5) is 0 Å². The highest BCUT2D eigenvalue weighted by Gasteiger charge is 2.23. The minimum absolute atomic E-state index is 0.0313. The van der Waals surface area contributed by atoms with Gasteiger partial charge in [0.05, 0.1) is 27.7 Å². The SMILES string of the molecule is O=C(c1ccc(-c2cnc3[nH]ccc3n2)s1)N1CCC(O)CC1. The summed E-state index contributed by atoms with van der Waals surface area (Å²) in [6.07, 6.45) is 4.55. The molecule has 1 aliphatic rings. The molecule has 7 heteroatoms. The van der Waals surface area contributed by atoms with Crippen molar-refractivity contribution in [1.82, 2.24) is 19.9 Å². The molecule has 0 unspecified atom stereocenters. The van der Waals surface area contributed by atoms with Gasteiger partial charge in [-0.1, -0.05) is 0 Å². The van der Waals surface area contributed by atoms with E-state index in [-0.39, 0.29) is 12.0 Å². The van der Waals surface area contributed by atoms with E-state index < -0.39 is 0 Å². The van der Waals surface area contributed by atoms with Crippen LogP contribution in [-0.2, 0) is 0 Å². The Bertz CT molecular complexity index is 849. The summed E-state index contributed by atoms with van der Waals surface area (Å²) in [5.74, 6) is 0.0313. The number of H-pyrrole nitrogens is 1. The minimum Gasteiger partial charge on any atom is -0.393 e. The van der Waals surface area contributed by atoms with Crippen LogP contribution in [0.3, 0.4) is 0 Å². The number of thiophene rings is 1. The largest absolute Gasteiger partial charge is 0.393 e. The highest BCUT2D eigenvalue weighted by molar-refractivity contribution is 7.17. The summed E-state index contributed by atoms with van der Waals surface area (Å²) in [5.41, 5.74) is 2.34. The molecule has 1 fully saturated rings. The van der Waals surface area contributed by atoms with Crippen molar-refractivity contribution >= 4 is 28.4 Å². The molecule has 2 N–H and O–H groups in total. The fourth-order valence-corrected chi connectivity index (χ4v) is 3.69. The summed E-state index contributed by atoms with van der Waals surface area (Å²) in [5, 5.41) is 9.55. The number of piperidine rings is 1. The van der Waals surface area contributed by atoms with Gasteiger partial charge in [0.15, 0.2) is 5.65 Å². The zero-order chi connectivity index (χ0) is 15.8. The lowest BCUT2D eigenvalue weighted by Crippen LogP contribution is -2.39. The van der Waals surface area contributed by atoms with Gasteiger partial charge in [-0.25, -0.2) is 9.97 Å². The van der Waals surface area contributed by atoms with Crippen LogP contribution in [0.1, 0.15) is 22.5 Å². The van der Waals surface area contributed by atoms with Crippen LogP contribution in [0, 0.1) is 0 Å². The van der Waals surface area contributed by atoms with Crippen LogP contribution in [0.5, 0.6) is 0 Å². The molecular formula is C16H16N4O2S. The van der Waals surface area contributed by atoms with Crippen molar-refractivity contribution in [3.8, 4) is 10.6 Å². The maximum atomic E-state index is 12.5. The van der Waals surface area contributed by atoms with Gasteiger partial charge >= 0.3 is 0 Å². The van der Waals surface area contributed by atoms with Crippen molar-refractivity contribution in [1.29, 1.82) is 0 Å². The average Bonchev–Trinajstić information content (AvgIpc) is 3.23. The van der Waals surface area contributed by atoms with E-state index in [4.69, 9.17) is 0 Å². The molecule has 0 aliphatic carbocycles. The average molecular weight is 328 g/mol. The van der Waals surface area contributed by atoms with E-state index >= 15 is 0 Å². The smallest absolute Gasteiger partial charge is 0.263 e. The lowest BCUT2D eigenvalue weighted by atomic mass is 10.1. The maximum Gasteiger partial charge on any atom is 0.263 e. The Morgan fingerprint density at radius 2 is 2.13 bits per heavy atom. The maximum absolute atomic E-state index is 12.5. The minimum atomic E-state index is -0.277. The van der Waals surface area contributed by atoms with Crippen LogP contribution in [0.25, 0.3) is 21.7 Å². The Morgan fingerprint density at radius 1 is 1.30 bits per heavy atom. The van der Waals surface area contributed by atoms with Crippen molar-refractivity contribution < 1.29 is 9.90 Å². The predicted molar refractivity (Wildman–Crippen MR) is 88.3 cm³/mol. The fraction of sp³-hybridized carbons (Fsp3) is 0.312. The molecule has 3 aromatic heterocycles. The highest BCUT2D eigenvalue weighted by Crippen LogP contribution is 2.28. The van der Waals surface area contributed by atoms with Gasteiger partial charge in [0.2, 0.25) is 0 Å². The van der Waals surface area contributed by atoms with Gasteiger partial charge in [-0.15, -0.1) is 11.3 Å². The summed E-state index contributed by atoms with van der Waals surface area (Å²) in [6, 6.07) is 5.64. The Morgan fingerprint density at radius 3 is 2.96 bits per heavy atom. The number of rotatable bonds is 2. The predicted octanol–water partition coefficient (Wildman–Crippen LogP) is 2.28. The van der Waals surface area contributed by atoms with E-state index in [2.05, 4.69) is 15.0 Å². The number of carbonyl (C=O) groups is 1. The monoisotopic (exact) mass is 328 g/mol. The molecule has 1 aliphatic heterocycles. The molecule has 0 spiro atoms. The van der Waals surface area contributed by atoms with Crippen molar-refractivity contribution in [2.24, 2.45) is 0 Å². The number of aromatic nitrogens is 3. The molecule has 23 heavy (non-hydrogen) atoms. The molecule has 1 saturated heterocycles. The van der Waals surface area contributed by atoms with E-state index in [1.54, 1.807) is 6.20 Å². The van der Waals surface area contributed by atoms with Crippen LogP contribution >= 0.6 is 11.3 Å². The highest BCUT2D eigenvalue weighted by atomic mass is 32.1. The fourth-order valence-electron chi connectivity index (χ4n) is 2.76. The number of hydrogen-bond acceptors (Lipinski definition) is 5. The molecule has 0 aromatic carbocycles. The van der Waals surface area contributed by atoms with Crippen LogP contribution < -0.4 is 0 Å². The number of nitrogens with one attached hydrogen (secondary N) is 1. The van der Waals surface area contributed by atoms with Gasteiger partial charge in [-0.2, -0.15) is 0 Å². The zero-order valence-corrected chi connectivity index (χ0v) is 13.2. The van der Waals surface area contributed by atoms with E-state index in [0.29, 0.717) is 30.8 Å². The van der Waals surface area contributed by atoms with Gasteiger partial charge < -0.3 is 15.0 Å². The van der Waals surface area contributed by atoms with Crippen molar-refractivity contribution in [2.45, 2.75) is 18.9 Å². The second-order valence-corrected chi connectivity index (χ2v) is 6.74. The molecule has 0 atom stereocenters. The first-order chi connectivity index (χ1) is 11.2. The Balaban J connectivity index is 1.57. The number of hydrogen-bond donors (Lipinski definition) is 2. The van der Waals surface area contributed by atoms with Crippen molar-refractivity contribution in [2.75, 3.05) is 13.1 Å². The number of aromatic amines is 1. The van der Waals surface area contributed by atoms with Crippen molar-refractivity contribution in [3.05, 3.63) is 35.5 Å². The Hall–Kier alpha value is -2.25. The lowest BCUT2D eigenvalue weighted by molar-refractivity contribution is 0.0550. The second kappa shape index (κ2) is 5.75. The molecule has 4 heterocycles. The molecule has 4 rings (SSSR count). The number of carbonyl (C=O) groups excluding carboxylic acids is 1. The number of fused-ring (bicyclic) bond motifs is 1. The zero-order valence-electron chi connectivity index (χ0n) is 12.4. The molecule has 0 radical (unpaired) electrons. The summed E-state index contributed by atoms with van der Waals surface area (Å²) in [7, 11) is 0. The third-order valence-electron chi connectivity index (χ3n) is 4.08. The third-order valence-corrected chi connectivity index (χ3v) is 5.18. The lowest BCUT2D eigenvalue weighted by Gasteiger charge is -2.29. The van der Waals surface area contributed by atoms with Gasteiger partial charge in [0.1, 0.15) is 5.52 Å². The van der Waals surface area contributed by atoms with E-state index in [0.717, 1.165) is 21.7 Å². The first-order valence-corrected chi connectivity index (χ1v) is 8.40. The van der Waals surface area contributed by atoms with Gasteiger partial charge in [0, 0.05) is 19.3 Å². The van der Waals surface area contributed by atoms with Crippen LogP contribution in [0.2, 0.25) is 0 Å². The van der Waals surface area contributed by atoms with E-state index in [9.17, 15) is 9.90 Å². The third kappa shape index (κ3) is 2.73. The molecule has 3 aromatic rings. The number of amides is 1. The number of aliphatic hydroxyl groups is 1. The number of likely N-dealkylation sites (tertiary alicyclic amines) is 1. The first kappa shape index (κ1) is 14.3. The summed E-state index contributed by atoms with van der Waals surface area (Å²) < 4.78 is 0. The molecule has 1 amide bonds. The Labute approximate surface area is 136 Å². The molecule has 6 nitrogen and oxygen atoms in total. The van der Waals surface area contributed by atoms with Gasteiger partial charge in [-0.05, 0) is 31.0 Å². The molecular weight excluding hydrogens is 312 g/mol. The van der Waals surface area contributed by atoms with Gasteiger partial charge in [-0.3, -0.25) is 4.79 Å². The summed E-state index contributed by atoms with van der Waals surface area (Å²) >= 11 is 1.43. The first-order valence-electron chi connectivity index (χ1n) is 7.58. The number of aliphatic hydroxyl groups excluding tert-OH is 1. The number of nitrogens with zero attached hydrogens (tertiary/aromatic N) is 3. The topological polar surface area (TPSA) is 82.1 Å². The quantitative estimate of drug-likeness (QED) is 0.756. The molecule has 0 saturated carbocycles. The van der Waals surface area contributed by atoms with Crippen molar-refractivity contribution in [3.63, 3.8) is 0 Å². The summed E-state index contributed by atoms with van der Waals surface area (Å²) in [4.78, 5) is 27.9. The molecule has 0 bridgehead atoms. The van der Waals surface area contributed by atoms with Crippen LogP contribution in [-0.4, -0.2) is 50.1 Å². The molecule has 118 valence electrons. The van der Waals surface area contributed by atoms with E-state index in [1.807, 2.05) is 29.3 Å². The standard InChI is InChI=1S/C16H16N4O2S/c21-10-4-7-20(8-5-10)16(22)14-2-1-13(23-14)12-9-18-15-11(19-12)3-6-17-15/h1-3,6,9-10,21H,4-5,7-8H2,(H,17,18). The van der Waals surface area contributed by atoms with E-state index in [1.165, 1.54) is 11.3 Å². The second-order valence-electron chi connectivity index (χ2n) is 5.65. The summed E-state index contributed by atoms with van der Waals surface area (Å²) in [6.45, 7) is 1.23.